The number of alkyl carbamates (subject to hydrolysis) is 1. The molecule has 0 spiro atoms. The number of ether oxygens (including phenoxy) is 3. The fourth-order valence-corrected chi connectivity index (χ4v) is 8.95. The normalized spacial score (nSPS) is 36.1. The standard InChI is InChI=1S/C35H49NO11.2Ac/c1-17-21(46-29(41)26(39)24(19-9-11-20(37)12-10-19)36-30(42)47-31(3,4)5)15-35(44)18(2)27-33(8,14-13-22-34(27,43)16-45-22)28(40)25(38)23(17)32(35,6)7;;/h9-12,18,21-22,24-27,37-39,43-44H,13-16H2,1-8H3,(H,36,42);;/t18?,21?,22?,24?,25?,26?,27?,33-,34?,35?;;/m1../s1. The van der Waals surface area contributed by atoms with Crippen molar-refractivity contribution in [3.8, 4) is 5.75 Å². The number of hydrogen-bond acceptors (Lipinski definition) is 11. The van der Waals surface area contributed by atoms with Gasteiger partial charge in [-0.25, -0.2) is 9.59 Å². The molecule has 1 saturated heterocycles. The number of carbonyl (C=O) groups excluding carboxylic acids is 3. The molecule has 14 heteroatoms. The Morgan fingerprint density at radius 3 is 2.20 bits per heavy atom. The number of phenolic OH excluding ortho intramolecular Hbond substituents is 1. The smallest absolute Gasteiger partial charge is 0.408 e. The van der Waals surface area contributed by atoms with Crippen molar-refractivity contribution in [3.05, 3.63) is 41.0 Å². The quantitative estimate of drug-likeness (QED) is 0.188. The van der Waals surface area contributed by atoms with Crippen molar-refractivity contribution in [1.29, 1.82) is 0 Å². The van der Waals surface area contributed by atoms with Crippen molar-refractivity contribution in [2.75, 3.05) is 6.61 Å². The van der Waals surface area contributed by atoms with Gasteiger partial charge < -0.3 is 45.1 Å². The molecule has 1 heterocycles. The predicted molar refractivity (Wildman–Crippen MR) is 168 cm³/mol. The summed E-state index contributed by atoms with van der Waals surface area (Å²) in [6, 6.07) is 4.18. The first-order valence-electron chi connectivity index (χ1n) is 16.3. The van der Waals surface area contributed by atoms with Crippen LogP contribution in [0.25, 0.3) is 0 Å². The minimum Gasteiger partial charge on any atom is -0.508 e. The largest absolute Gasteiger partial charge is 0.508 e. The van der Waals surface area contributed by atoms with E-state index >= 15 is 0 Å². The number of aliphatic hydroxyl groups is 4. The number of aliphatic hydroxyl groups excluding tert-OH is 2. The Bertz CT molecular complexity index is 1480. The Labute approximate surface area is 359 Å². The first-order valence-corrected chi connectivity index (χ1v) is 16.3. The molecule has 6 N–H and O–H groups in total. The van der Waals surface area contributed by atoms with Crippen molar-refractivity contribution >= 4 is 17.8 Å². The van der Waals surface area contributed by atoms with Crippen LogP contribution in [0.15, 0.2) is 35.4 Å². The summed E-state index contributed by atoms with van der Waals surface area (Å²) in [6.07, 6.45) is -5.54. The van der Waals surface area contributed by atoms with Crippen LogP contribution in [-0.2, 0) is 23.8 Å². The van der Waals surface area contributed by atoms with Gasteiger partial charge in [0.05, 0.1) is 24.4 Å². The van der Waals surface area contributed by atoms with Crippen LogP contribution < -0.4 is 5.32 Å². The van der Waals surface area contributed by atoms with Crippen molar-refractivity contribution in [1.82, 2.24) is 5.32 Å². The van der Waals surface area contributed by atoms with Crippen LogP contribution in [0, 0.1) is 111 Å². The average molecular weight is 1110 g/mol. The zero-order valence-corrected chi connectivity index (χ0v) is 39.0. The molecule has 2 bridgehead atoms. The van der Waals surface area contributed by atoms with Gasteiger partial charge in [0.2, 0.25) is 0 Å². The fourth-order valence-electron chi connectivity index (χ4n) is 8.95. The molecular weight excluding hydrogens is 1060 g/mol. The second kappa shape index (κ2) is 14.9. The molecule has 3 fully saturated rings. The Morgan fingerprint density at radius 2 is 1.67 bits per heavy atom. The van der Waals surface area contributed by atoms with Gasteiger partial charge in [-0.15, -0.1) is 0 Å². The molecule has 9 unspecified atom stereocenters. The van der Waals surface area contributed by atoms with Gasteiger partial charge in [-0.2, -0.15) is 0 Å². The topological polar surface area (TPSA) is 192 Å². The molecule has 5 rings (SSSR count). The number of carbonyl (C=O) groups is 3. The van der Waals surface area contributed by atoms with E-state index in [-0.39, 0.29) is 118 Å². The summed E-state index contributed by atoms with van der Waals surface area (Å²) in [6.45, 7) is 13.6. The minimum atomic E-state index is -1.96. The number of fused-ring (bicyclic) bond motifs is 5. The van der Waals surface area contributed by atoms with E-state index in [9.17, 15) is 39.9 Å². The molecule has 4 aliphatic rings. The molecule has 49 heavy (non-hydrogen) atoms. The summed E-state index contributed by atoms with van der Waals surface area (Å²) in [5, 5.41) is 60.0. The predicted octanol–water partition coefficient (Wildman–Crippen LogP) is 2.83. The monoisotopic (exact) mass is 1110 g/mol. The zero-order valence-electron chi connectivity index (χ0n) is 29.5. The van der Waals surface area contributed by atoms with Gasteiger partial charge in [0.1, 0.15) is 29.2 Å². The van der Waals surface area contributed by atoms with Crippen molar-refractivity contribution in [3.63, 3.8) is 0 Å². The van der Waals surface area contributed by atoms with Crippen LogP contribution in [0.5, 0.6) is 5.75 Å². The molecule has 2 radical (unpaired) electrons. The molecule has 10 atom stereocenters. The molecule has 1 aliphatic heterocycles. The van der Waals surface area contributed by atoms with Crippen LogP contribution in [0.1, 0.15) is 86.3 Å². The van der Waals surface area contributed by atoms with E-state index in [1.165, 1.54) is 24.3 Å². The molecule has 1 aromatic rings. The molecule has 2 saturated carbocycles. The maximum Gasteiger partial charge on any atom is 0.408 e. The summed E-state index contributed by atoms with van der Waals surface area (Å²) >= 11 is 0. The second-order valence-corrected chi connectivity index (χ2v) is 15.7. The number of hydrogen-bond donors (Lipinski definition) is 6. The molecule has 1 aromatic carbocycles. The molecule has 0 aromatic heterocycles. The summed E-state index contributed by atoms with van der Waals surface area (Å²) < 4.78 is 16.9. The number of benzene rings is 1. The average Bonchev–Trinajstić information content (AvgIpc) is 2.95. The maximum atomic E-state index is 14.2. The number of aromatic hydroxyl groups is 1. The molecule has 266 valence electrons. The molecule has 12 nitrogen and oxygen atoms in total. The summed E-state index contributed by atoms with van der Waals surface area (Å²) in [4.78, 5) is 40.7. The van der Waals surface area contributed by atoms with E-state index in [4.69, 9.17) is 14.2 Å². The summed E-state index contributed by atoms with van der Waals surface area (Å²) in [5.74, 6) is -3.17. The number of ketones is 1. The van der Waals surface area contributed by atoms with Crippen molar-refractivity contribution in [2.24, 2.45) is 22.7 Å². The Morgan fingerprint density at radius 1 is 1.08 bits per heavy atom. The van der Waals surface area contributed by atoms with Gasteiger partial charge in [-0.05, 0) is 75.3 Å². The first-order chi connectivity index (χ1) is 21.6. The summed E-state index contributed by atoms with van der Waals surface area (Å²) in [5.41, 5.74) is -5.42. The zero-order chi connectivity index (χ0) is 35.1. The van der Waals surface area contributed by atoms with Gasteiger partial charge in [0.15, 0.2) is 11.9 Å². The van der Waals surface area contributed by atoms with E-state index < -0.39 is 87.8 Å². The van der Waals surface area contributed by atoms with E-state index in [1.54, 1.807) is 55.4 Å². The number of rotatable bonds is 5. The third-order valence-electron chi connectivity index (χ3n) is 11.5. The number of amides is 1. The van der Waals surface area contributed by atoms with Crippen LogP contribution in [0.4, 0.5) is 4.79 Å². The number of phenols is 1. The Kier molecular flexibility index (Phi) is 13.2. The first kappa shape index (κ1) is 43.3. The van der Waals surface area contributed by atoms with E-state index in [2.05, 4.69) is 5.32 Å². The Balaban J connectivity index is 0.00000325. The minimum absolute atomic E-state index is 0. The molecule has 3 aliphatic carbocycles. The van der Waals surface area contributed by atoms with Crippen LogP contribution >= 0.6 is 0 Å². The second-order valence-electron chi connectivity index (χ2n) is 15.7. The van der Waals surface area contributed by atoms with Crippen molar-refractivity contribution in [2.45, 2.75) is 122 Å². The van der Waals surface area contributed by atoms with Gasteiger partial charge in [-0.1, -0.05) is 39.8 Å². The SMILES string of the molecule is CC1=C2C(O)C(=O)[C@]3(C)CCC4OCC4(O)C3C(C)C(O)(CC1OC(=O)C(O)C(NC(=O)OC(C)(C)C)c1ccc(O)cc1)C2(C)C.[Ac].[Ac]. The summed E-state index contributed by atoms with van der Waals surface area (Å²) in [7, 11) is 0. The fraction of sp³-hybridized carbons (Fsp3) is 0.686. The van der Waals surface area contributed by atoms with Gasteiger partial charge >= 0.3 is 12.1 Å². The van der Waals surface area contributed by atoms with Crippen LogP contribution in [-0.4, -0.2) is 91.2 Å². The third kappa shape index (κ3) is 7.37. The van der Waals surface area contributed by atoms with E-state index in [0.29, 0.717) is 18.4 Å². The third-order valence-corrected chi connectivity index (χ3v) is 11.5. The van der Waals surface area contributed by atoms with Crippen molar-refractivity contribution < 1.29 is 142 Å². The van der Waals surface area contributed by atoms with E-state index in [0.717, 1.165) is 0 Å². The van der Waals surface area contributed by atoms with Gasteiger partial charge in [0, 0.05) is 111 Å². The van der Waals surface area contributed by atoms with Gasteiger partial charge in [-0.3, -0.25) is 4.79 Å². The van der Waals surface area contributed by atoms with Crippen LogP contribution in [0.2, 0.25) is 0 Å². The maximum absolute atomic E-state index is 14.2. The number of nitrogens with one attached hydrogen (secondary N) is 1. The van der Waals surface area contributed by atoms with E-state index in [1.807, 2.05) is 0 Å². The Hall–Kier alpha value is -0.147. The number of Topliss-reactive ketones (excluding diaryl/α,β-unsaturated/α-hetero) is 1. The van der Waals surface area contributed by atoms with Gasteiger partial charge in [0.25, 0.3) is 0 Å². The van der Waals surface area contributed by atoms with Crippen LogP contribution in [0.3, 0.4) is 0 Å². The molecule has 1 amide bonds. The number of esters is 1. The molecular formula is C35H49Ac2NO11.